The highest BCUT2D eigenvalue weighted by molar-refractivity contribution is 7.98. The van der Waals surface area contributed by atoms with E-state index in [0.717, 1.165) is 5.56 Å². The zero-order chi connectivity index (χ0) is 8.43. The Labute approximate surface area is 69.9 Å². The molecule has 2 N–H and O–H groups in total. The second-order valence-electron chi connectivity index (χ2n) is 2.33. The van der Waals surface area contributed by atoms with Gasteiger partial charge < -0.3 is 10.2 Å². The number of thioether (sulfide) groups is 1. The fourth-order valence-corrected chi connectivity index (χ4v) is 1.48. The molecular weight excluding hydrogens is 160 g/mol. The second kappa shape index (κ2) is 3.05. The molecule has 0 aliphatic rings. The van der Waals surface area contributed by atoms with E-state index in [1.807, 2.05) is 19.2 Å². The third-order valence-corrected chi connectivity index (χ3v) is 2.17. The van der Waals surface area contributed by atoms with Crippen molar-refractivity contribution >= 4 is 11.8 Å². The summed E-state index contributed by atoms with van der Waals surface area (Å²) in [7, 11) is 0. The predicted octanol–water partition coefficient (Wildman–Crippen LogP) is 2.13. The molecule has 1 aromatic carbocycles. The minimum Gasteiger partial charge on any atom is -0.504 e. The van der Waals surface area contributed by atoms with Crippen molar-refractivity contribution in [2.75, 3.05) is 6.26 Å². The van der Waals surface area contributed by atoms with Crippen molar-refractivity contribution in [2.24, 2.45) is 0 Å². The van der Waals surface area contributed by atoms with Gasteiger partial charge in [-0.15, -0.1) is 11.8 Å². The van der Waals surface area contributed by atoms with Crippen molar-refractivity contribution in [1.29, 1.82) is 0 Å². The Morgan fingerprint density at radius 3 is 2.45 bits per heavy atom. The Hall–Kier alpha value is -0.830. The highest BCUT2D eigenvalue weighted by Gasteiger charge is 2.05. The van der Waals surface area contributed by atoms with Gasteiger partial charge in [0, 0.05) is 0 Å². The molecule has 60 valence electrons. The first-order chi connectivity index (χ1) is 5.15. The Morgan fingerprint density at radius 1 is 1.27 bits per heavy atom. The third kappa shape index (κ3) is 1.60. The normalized spacial score (nSPS) is 10.0. The van der Waals surface area contributed by atoms with E-state index >= 15 is 0 Å². The zero-order valence-corrected chi connectivity index (χ0v) is 7.27. The number of rotatable bonds is 1. The van der Waals surface area contributed by atoms with Gasteiger partial charge >= 0.3 is 0 Å². The first-order valence-electron chi connectivity index (χ1n) is 3.21. The highest BCUT2D eigenvalue weighted by Crippen LogP contribution is 2.35. The minimum absolute atomic E-state index is 0.0249. The van der Waals surface area contributed by atoms with Crippen LogP contribution in [-0.4, -0.2) is 16.5 Å². The molecule has 0 spiro atoms. The molecule has 0 heterocycles. The van der Waals surface area contributed by atoms with Crippen molar-refractivity contribution in [1.82, 2.24) is 0 Å². The summed E-state index contributed by atoms with van der Waals surface area (Å²) in [6.45, 7) is 1.87. The van der Waals surface area contributed by atoms with E-state index in [2.05, 4.69) is 0 Å². The molecule has 0 bridgehead atoms. The van der Waals surface area contributed by atoms with Crippen LogP contribution in [0.4, 0.5) is 0 Å². The van der Waals surface area contributed by atoms with Crippen molar-refractivity contribution in [3.8, 4) is 11.5 Å². The van der Waals surface area contributed by atoms with Gasteiger partial charge in [0.25, 0.3) is 0 Å². The van der Waals surface area contributed by atoms with E-state index in [4.69, 9.17) is 5.11 Å². The van der Waals surface area contributed by atoms with Crippen LogP contribution in [0.1, 0.15) is 5.56 Å². The quantitative estimate of drug-likeness (QED) is 0.501. The van der Waals surface area contributed by atoms with Crippen LogP contribution in [0.2, 0.25) is 0 Å². The van der Waals surface area contributed by atoms with E-state index in [-0.39, 0.29) is 11.5 Å². The van der Waals surface area contributed by atoms with Crippen LogP contribution in [-0.2, 0) is 0 Å². The number of benzene rings is 1. The second-order valence-corrected chi connectivity index (χ2v) is 3.18. The molecule has 2 nitrogen and oxygen atoms in total. The topological polar surface area (TPSA) is 40.5 Å². The molecule has 1 aromatic rings. The molecule has 0 aromatic heterocycles. The van der Waals surface area contributed by atoms with Gasteiger partial charge in [-0.1, -0.05) is 0 Å². The lowest BCUT2D eigenvalue weighted by Gasteiger charge is -2.03. The zero-order valence-electron chi connectivity index (χ0n) is 6.46. The van der Waals surface area contributed by atoms with Crippen LogP contribution in [0.25, 0.3) is 0 Å². The lowest BCUT2D eigenvalue weighted by molar-refractivity contribution is 0.394. The highest BCUT2D eigenvalue weighted by atomic mass is 32.2. The lowest BCUT2D eigenvalue weighted by Crippen LogP contribution is -1.77. The number of phenolic OH excluding ortho intramolecular Hbond substituents is 2. The molecule has 0 saturated heterocycles. The average Bonchev–Trinajstić information content (AvgIpc) is 1.96. The van der Waals surface area contributed by atoms with E-state index < -0.39 is 0 Å². The summed E-state index contributed by atoms with van der Waals surface area (Å²) in [5.41, 5.74) is 0.949. The van der Waals surface area contributed by atoms with Crippen molar-refractivity contribution < 1.29 is 10.2 Å². The maximum Gasteiger partial charge on any atom is 0.171 e. The lowest BCUT2D eigenvalue weighted by atomic mass is 10.2. The van der Waals surface area contributed by atoms with Crippen LogP contribution in [0.5, 0.6) is 11.5 Å². The molecule has 1 rings (SSSR count). The number of hydrogen-bond acceptors (Lipinski definition) is 3. The first kappa shape index (κ1) is 8.27. The molecule has 0 aliphatic heterocycles. The predicted molar refractivity (Wildman–Crippen MR) is 46.3 cm³/mol. The fraction of sp³-hybridized carbons (Fsp3) is 0.250. The van der Waals surface area contributed by atoms with Gasteiger partial charge in [0.2, 0.25) is 0 Å². The van der Waals surface area contributed by atoms with E-state index in [0.29, 0.717) is 4.90 Å². The number of aromatic hydroxyl groups is 2. The summed E-state index contributed by atoms with van der Waals surface area (Å²) in [5, 5.41) is 18.4. The van der Waals surface area contributed by atoms with Gasteiger partial charge in [0.05, 0.1) is 4.90 Å². The van der Waals surface area contributed by atoms with Gasteiger partial charge in [-0.25, -0.2) is 0 Å². The number of hydrogen-bond donors (Lipinski definition) is 2. The van der Waals surface area contributed by atoms with Crippen LogP contribution >= 0.6 is 11.8 Å². The largest absolute Gasteiger partial charge is 0.504 e. The summed E-state index contributed by atoms with van der Waals surface area (Å²) in [5.74, 6) is -0.0718. The molecule has 0 atom stereocenters. The Balaban J connectivity index is 3.24. The van der Waals surface area contributed by atoms with Crippen LogP contribution in [0.3, 0.4) is 0 Å². The molecule has 0 amide bonds. The van der Waals surface area contributed by atoms with Crippen molar-refractivity contribution in [3.05, 3.63) is 17.7 Å². The summed E-state index contributed by atoms with van der Waals surface area (Å²) >= 11 is 1.41. The molecule has 0 radical (unpaired) electrons. The number of phenols is 2. The fourth-order valence-electron chi connectivity index (χ4n) is 0.883. The van der Waals surface area contributed by atoms with Crippen LogP contribution in [0, 0.1) is 6.92 Å². The molecule has 0 saturated carbocycles. The SMILES string of the molecule is CSc1cc(C)cc(O)c1O. The van der Waals surface area contributed by atoms with Crippen LogP contribution < -0.4 is 0 Å². The first-order valence-corrected chi connectivity index (χ1v) is 4.44. The molecule has 11 heavy (non-hydrogen) atoms. The van der Waals surface area contributed by atoms with E-state index in [1.54, 1.807) is 0 Å². The van der Waals surface area contributed by atoms with Crippen molar-refractivity contribution in [3.63, 3.8) is 0 Å². The Kier molecular flexibility index (Phi) is 2.29. The maximum atomic E-state index is 9.25. The van der Waals surface area contributed by atoms with Gasteiger partial charge in [-0.3, -0.25) is 0 Å². The summed E-state index contributed by atoms with van der Waals surface area (Å²) in [4.78, 5) is 0.711. The molecular formula is C8H10O2S. The number of aryl methyl sites for hydroxylation is 1. The van der Waals surface area contributed by atoms with Crippen LogP contribution in [0.15, 0.2) is 17.0 Å². The van der Waals surface area contributed by atoms with Gasteiger partial charge in [-0.2, -0.15) is 0 Å². The van der Waals surface area contributed by atoms with E-state index in [1.165, 1.54) is 17.8 Å². The van der Waals surface area contributed by atoms with Gasteiger partial charge in [-0.05, 0) is 30.9 Å². The Morgan fingerprint density at radius 2 is 1.91 bits per heavy atom. The summed E-state index contributed by atoms with van der Waals surface area (Å²) < 4.78 is 0. The van der Waals surface area contributed by atoms with Gasteiger partial charge in [0.1, 0.15) is 0 Å². The van der Waals surface area contributed by atoms with E-state index in [9.17, 15) is 5.11 Å². The average molecular weight is 170 g/mol. The third-order valence-electron chi connectivity index (χ3n) is 1.42. The maximum absolute atomic E-state index is 9.25. The smallest absolute Gasteiger partial charge is 0.171 e. The molecule has 0 unspecified atom stereocenters. The summed E-state index contributed by atoms with van der Waals surface area (Å²) in [6.07, 6.45) is 1.86. The molecule has 3 heteroatoms. The molecule has 0 aliphatic carbocycles. The minimum atomic E-state index is -0.0469. The Bertz CT molecular complexity index is 271. The standard InChI is InChI=1S/C8H10O2S/c1-5-3-6(9)8(10)7(4-5)11-2/h3-4,9-10H,1-2H3. The van der Waals surface area contributed by atoms with Crippen molar-refractivity contribution in [2.45, 2.75) is 11.8 Å². The van der Waals surface area contributed by atoms with Gasteiger partial charge in [0.15, 0.2) is 11.5 Å². The monoisotopic (exact) mass is 170 g/mol. The summed E-state index contributed by atoms with van der Waals surface area (Å²) in [6, 6.07) is 3.37. The molecule has 0 fully saturated rings.